The number of ether oxygens (including phenoxy) is 3. The van der Waals surface area contributed by atoms with E-state index >= 15 is 0 Å². The predicted octanol–water partition coefficient (Wildman–Crippen LogP) is 3.85. The number of benzene rings is 1. The van der Waals surface area contributed by atoms with Gasteiger partial charge in [-0.25, -0.2) is 4.39 Å². The molecule has 3 heterocycles. The van der Waals surface area contributed by atoms with Crippen LogP contribution >= 0.6 is 0 Å². The van der Waals surface area contributed by atoms with Gasteiger partial charge in [0.2, 0.25) is 0 Å². The van der Waals surface area contributed by atoms with Gasteiger partial charge in [0.25, 0.3) is 0 Å². The Morgan fingerprint density at radius 3 is 2.83 bits per heavy atom. The monoisotopic (exact) mass is 331 g/mol. The Bertz CT molecular complexity index is 680. The molecule has 0 N–H and O–H groups in total. The van der Waals surface area contributed by atoms with Crippen molar-refractivity contribution in [3.05, 3.63) is 48.0 Å². The number of hydrogen-bond donors (Lipinski definition) is 0. The standard InChI is InChI=1S/C19H22FNO3/c20-15-11-14-6-7-16(13-23-18-5-1-4-10-22-18)24-19(14)17(12-15)21-8-2-3-9-21/h2-3,8-9,11-12,16,18H,1,4-7,10,13H2. The lowest BCUT2D eigenvalue weighted by Gasteiger charge is -2.30. The first-order chi connectivity index (χ1) is 11.8. The summed E-state index contributed by atoms with van der Waals surface area (Å²) in [5, 5.41) is 0. The van der Waals surface area contributed by atoms with E-state index in [4.69, 9.17) is 14.2 Å². The lowest BCUT2D eigenvalue weighted by atomic mass is 10.0. The molecule has 5 heteroatoms. The summed E-state index contributed by atoms with van der Waals surface area (Å²) in [6.45, 7) is 1.28. The fourth-order valence-electron chi connectivity index (χ4n) is 3.36. The SMILES string of the molecule is Fc1cc2c(c(-n3cccc3)c1)OC(COC1CCCCO1)CC2. The molecule has 24 heavy (non-hydrogen) atoms. The third-order valence-corrected chi connectivity index (χ3v) is 4.62. The number of halogens is 1. The van der Waals surface area contributed by atoms with Gasteiger partial charge in [-0.3, -0.25) is 0 Å². The Kier molecular flexibility index (Phi) is 4.54. The number of nitrogens with zero attached hydrogens (tertiary/aromatic N) is 1. The van der Waals surface area contributed by atoms with Crippen molar-refractivity contribution in [3.63, 3.8) is 0 Å². The van der Waals surface area contributed by atoms with Crippen molar-refractivity contribution in [2.24, 2.45) is 0 Å². The van der Waals surface area contributed by atoms with Gasteiger partial charge in [-0.15, -0.1) is 0 Å². The first-order valence-corrected chi connectivity index (χ1v) is 8.65. The average Bonchev–Trinajstić information content (AvgIpc) is 3.14. The van der Waals surface area contributed by atoms with E-state index in [1.54, 1.807) is 6.07 Å². The average molecular weight is 331 g/mol. The van der Waals surface area contributed by atoms with Gasteiger partial charge in [0.1, 0.15) is 17.7 Å². The number of aromatic nitrogens is 1. The Hall–Kier alpha value is -1.85. The second-order valence-corrected chi connectivity index (χ2v) is 6.41. The molecule has 0 radical (unpaired) electrons. The van der Waals surface area contributed by atoms with Crippen LogP contribution in [0, 0.1) is 5.82 Å². The van der Waals surface area contributed by atoms with Gasteiger partial charge < -0.3 is 18.8 Å². The van der Waals surface area contributed by atoms with Crippen molar-refractivity contribution in [3.8, 4) is 11.4 Å². The molecule has 2 aliphatic rings. The van der Waals surface area contributed by atoms with Crippen molar-refractivity contribution in [1.29, 1.82) is 0 Å². The summed E-state index contributed by atoms with van der Waals surface area (Å²) in [6.07, 6.45) is 8.49. The van der Waals surface area contributed by atoms with Gasteiger partial charge in [0.05, 0.1) is 12.3 Å². The Morgan fingerprint density at radius 1 is 1.17 bits per heavy atom. The number of fused-ring (bicyclic) bond motifs is 1. The highest BCUT2D eigenvalue weighted by Gasteiger charge is 2.25. The largest absolute Gasteiger partial charge is 0.486 e. The molecule has 128 valence electrons. The quantitative estimate of drug-likeness (QED) is 0.853. The molecule has 1 saturated heterocycles. The lowest BCUT2D eigenvalue weighted by Crippen LogP contribution is -2.32. The molecular formula is C19H22FNO3. The molecule has 0 spiro atoms. The summed E-state index contributed by atoms with van der Waals surface area (Å²) in [7, 11) is 0. The molecule has 0 saturated carbocycles. The van der Waals surface area contributed by atoms with E-state index in [9.17, 15) is 4.39 Å². The van der Waals surface area contributed by atoms with Crippen molar-refractivity contribution >= 4 is 0 Å². The maximum atomic E-state index is 13.9. The van der Waals surface area contributed by atoms with Crippen molar-refractivity contribution in [1.82, 2.24) is 4.57 Å². The third-order valence-electron chi connectivity index (χ3n) is 4.62. The van der Waals surface area contributed by atoms with Crippen molar-refractivity contribution in [2.75, 3.05) is 13.2 Å². The van der Waals surface area contributed by atoms with Crippen LogP contribution in [0.5, 0.6) is 5.75 Å². The molecule has 0 bridgehead atoms. The summed E-state index contributed by atoms with van der Waals surface area (Å²) in [5.74, 6) is 0.531. The van der Waals surface area contributed by atoms with Crippen LogP contribution in [-0.4, -0.2) is 30.2 Å². The fraction of sp³-hybridized carbons (Fsp3) is 0.474. The maximum absolute atomic E-state index is 13.9. The van der Waals surface area contributed by atoms with Gasteiger partial charge in [0, 0.05) is 25.1 Å². The minimum atomic E-state index is -0.230. The fourth-order valence-corrected chi connectivity index (χ4v) is 3.36. The van der Waals surface area contributed by atoms with Gasteiger partial charge in [-0.1, -0.05) is 0 Å². The van der Waals surface area contributed by atoms with Crippen LogP contribution in [0.3, 0.4) is 0 Å². The van der Waals surface area contributed by atoms with Crippen LogP contribution in [0.15, 0.2) is 36.7 Å². The second kappa shape index (κ2) is 6.95. The molecule has 2 aromatic rings. The highest BCUT2D eigenvalue weighted by Crippen LogP contribution is 2.35. The molecule has 2 atom stereocenters. The van der Waals surface area contributed by atoms with Gasteiger partial charge in [-0.2, -0.15) is 0 Å². The molecule has 1 aromatic heterocycles. The van der Waals surface area contributed by atoms with E-state index in [0.29, 0.717) is 6.61 Å². The molecule has 1 fully saturated rings. The second-order valence-electron chi connectivity index (χ2n) is 6.41. The van der Waals surface area contributed by atoms with Crippen LogP contribution in [-0.2, 0) is 15.9 Å². The van der Waals surface area contributed by atoms with Gasteiger partial charge in [-0.05, 0) is 55.9 Å². The third kappa shape index (κ3) is 3.32. The Labute approximate surface area is 141 Å². The molecule has 1 aromatic carbocycles. The predicted molar refractivity (Wildman–Crippen MR) is 88.0 cm³/mol. The number of hydrogen-bond acceptors (Lipinski definition) is 3. The van der Waals surface area contributed by atoms with Gasteiger partial charge >= 0.3 is 0 Å². The molecule has 4 nitrogen and oxygen atoms in total. The molecule has 4 rings (SSSR count). The molecule has 0 aliphatic carbocycles. The molecule has 2 unspecified atom stereocenters. The normalized spacial score (nSPS) is 23.5. The smallest absolute Gasteiger partial charge is 0.157 e. The zero-order valence-corrected chi connectivity index (χ0v) is 13.6. The summed E-state index contributed by atoms with van der Waals surface area (Å²) >= 11 is 0. The van der Waals surface area contributed by atoms with E-state index < -0.39 is 0 Å². The van der Waals surface area contributed by atoms with Crippen LogP contribution in [0.4, 0.5) is 4.39 Å². The van der Waals surface area contributed by atoms with E-state index in [2.05, 4.69) is 0 Å². The van der Waals surface area contributed by atoms with E-state index in [-0.39, 0.29) is 18.2 Å². The summed E-state index contributed by atoms with van der Waals surface area (Å²) in [4.78, 5) is 0. The van der Waals surface area contributed by atoms with Crippen LogP contribution in [0.1, 0.15) is 31.2 Å². The lowest BCUT2D eigenvalue weighted by molar-refractivity contribution is -0.174. The Morgan fingerprint density at radius 2 is 2.04 bits per heavy atom. The summed E-state index contributed by atoms with van der Waals surface area (Å²) < 4.78 is 33.4. The topological polar surface area (TPSA) is 32.6 Å². The van der Waals surface area contributed by atoms with Crippen LogP contribution < -0.4 is 4.74 Å². The van der Waals surface area contributed by atoms with Crippen LogP contribution in [0.25, 0.3) is 5.69 Å². The maximum Gasteiger partial charge on any atom is 0.157 e. The molecule has 2 aliphatic heterocycles. The zero-order chi connectivity index (χ0) is 16.4. The van der Waals surface area contributed by atoms with Crippen molar-refractivity contribution < 1.29 is 18.6 Å². The first-order valence-electron chi connectivity index (χ1n) is 8.65. The van der Waals surface area contributed by atoms with E-state index in [1.807, 2.05) is 29.1 Å². The number of rotatable bonds is 4. The highest BCUT2D eigenvalue weighted by atomic mass is 19.1. The molecule has 0 amide bonds. The van der Waals surface area contributed by atoms with Gasteiger partial charge in [0.15, 0.2) is 6.29 Å². The van der Waals surface area contributed by atoms with E-state index in [1.165, 1.54) is 6.07 Å². The highest BCUT2D eigenvalue weighted by molar-refractivity contribution is 5.53. The summed E-state index contributed by atoms with van der Waals surface area (Å²) in [5.41, 5.74) is 1.66. The summed E-state index contributed by atoms with van der Waals surface area (Å²) in [6, 6.07) is 6.93. The number of aryl methyl sites for hydroxylation is 1. The molecular weight excluding hydrogens is 309 g/mol. The van der Waals surface area contributed by atoms with Crippen molar-refractivity contribution in [2.45, 2.75) is 44.5 Å². The minimum Gasteiger partial charge on any atom is -0.486 e. The van der Waals surface area contributed by atoms with E-state index in [0.717, 1.165) is 55.7 Å². The Balaban J connectivity index is 1.49. The minimum absolute atomic E-state index is 0.0252. The zero-order valence-electron chi connectivity index (χ0n) is 13.6. The van der Waals surface area contributed by atoms with Crippen LogP contribution in [0.2, 0.25) is 0 Å². The first kappa shape index (κ1) is 15.7.